The van der Waals surface area contributed by atoms with E-state index in [0.717, 1.165) is 11.9 Å². The summed E-state index contributed by atoms with van der Waals surface area (Å²) in [4.78, 5) is 4.43. The van der Waals surface area contributed by atoms with E-state index < -0.39 is 0 Å². The molecule has 96 valence electrons. The normalized spacial score (nSPS) is 12.7. The molecule has 1 N–H and O–H groups in total. The number of thiophene rings is 1. The summed E-state index contributed by atoms with van der Waals surface area (Å²) >= 11 is 1.75. The van der Waals surface area contributed by atoms with E-state index in [9.17, 15) is 0 Å². The summed E-state index contributed by atoms with van der Waals surface area (Å²) in [5.41, 5.74) is 3.73. The van der Waals surface area contributed by atoms with Crippen molar-refractivity contribution in [1.82, 2.24) is 10.3 Å². The van der Waals surface area contributed by atoms with Crippen LogP contribution in [-0.4, -0.2) is 12.0 Å². The molecule has 2 aromatic heterocycles. The van der Waals surface area contributed by atoms with Crippen LogP contribution in [0.25, 0.3) is 10.9 Å². The number of rotatable bonds is 4. The summed E-state index contributed by atoms with van der Waals surface area (Å²) < 4.78 is 0. The van der Waals surface area contributed by atoms with Gasteiger partial charge in [-0.25, -0.2) is 0 Å². The molecule has 0 aliphatic rings. The van der Waals surface area contributed by atoms with E-state index in [2.05, 4.69) is 51.4 Å². The third kappa shape index (κ3) is 2.67. The van der Waals surface area contributed by atoms with Crippen molar-refractivity contribution < 1.29 is 0 Å². The van der Waals surface area contributed by atoms with Crippen LogP contribution in [-0.2, 0) is 6.42 Å². The van der Waals surface area contributed by atoms with E-state index in [-0.39, 0.29) is 0 Å². The van der Waals surface area contributed by atoms with Crippen LogP contribution in [0, 0.1) is 0 Å². The lowest BCUT2D eigenvalue weighted by Gasteiger charge is -2.16. The molecule has 3 heteroatoms. The minimum absolute atomic E-state index is 0.334. The number of likely N-dealkylation sites (N-methyl/N-ethyl adjacent to an activating group) is 1. The van der Waals surface area contributed by atoms with Crippen LogP contribution in [0.15, 0.2) is 53.4 Å². The van der Waals surface area contributed by atoms with Gasteiger partial charge in [-0.05, 0) is 53.6 Å². The van der Waals surface area contributed by atoms with Crippen LogP contribution < -0.4 is 5.32 Å². The minimum Gasteiger partial charge on any atom is -0.313 e. The highest BCUT2D eigenvalue weighted by molar-refractivity contribution is 7.07. The molecule has 0 fully saturated rings. The van der Waals surface area contributed by atoms with Gasteiger partial charge in [0.1, 0.15) is 0 Å². The fourth-order valence-electron chi connectivity index (χ4n) is 2.33. The number of pyridine rings is 1. The Morgan fingerprint density at radius 2 is 2.21 bits per heavy atom. The van der Waals surface area contributed by atoms with E-state index >= 15 is 0 Å². The zero-order valence-corrected chi connectivity index (χ0v) is 11.7. The second-order valence-electron chi connectivity index (χ2n) is 4.63. The average Bonchev–Trinajstić information content (AvgIpc) is 2.97. The molecule has 0 saturated carbocycles. The predicted molar refractivity (Wildman–Crippen MR) is 81.6 cm³/mol. The molecular formula is C16H16N2S. The van der Waals surface area contributed by atoms with E-state index in [0.29, 0.717) is 6.04 Å². The number of nitrogens with one attached hydrogen (secondary N) is 1. The maximum absolute atomic E-state index is 4.43. The Balaban J connectivity index is 1.92. The molecule has 2 nitrogen and oxygen atoms in total. The van der Waals surface area contributed by atoms with Gasteiger partial charge in [-0.1, -0.05) is 18.2 Å². The number of benzene rings is 1. The summed E-state index contributed by atoms with van der Waals surface area (Å²) in [5, 5.41) is 8.93. The van der Waals surface area contributed by atoms with Gasteiger partial charge >= 0.3 is 0 Å². The Hall–Kier alpha value is -1.71. The Morgan fingerprint density at radius 1 is 1.26 bits per heavy atom. The quantitative estimate of drug-likeness (QED) is 0.778. The fraction of sp³-hybridized carbons (Fsp3) is 0.188. The Labute approximate surface area is 117 Å². The molecule has 19 heavy (non-hydrogen) atoms. The predicted octanol–water partition coefficient (Wildman–Crippen LogP) is 3.80. The first-order chi connectivity index (χ1) is 9.36. The van der Waals surface area contributed by atoms with Gasteiger partial charge in [-0.15, -0.1) is 0 Å². The van der Waals surface area contributed by atoms with Crippen molar-refractivity contribution in [2.75, 3.05) is 7.05 Å². The van der Waals surface area contributed by atoms with Gasteiger partial charge in [0.2, 0.25) is 0 Å². The average molecular weight is 268 g/mol. The molecule has 3 aromatic rings. The molecule has 0 amide bonds. The first-order valence-corrected chi connectivity index (χ1v) is 7.34. The summed E-state index contributed by atoms with van der Waals surface area (Å²) in [6.07, 6.45) is 2.86. The third-order valence-electron chi connectivity index (χ3n) is 3.40. The van der Waals surface area contributed by atoms with Gasteiger partial charge in [0.05, 0.1) is 5.52 Å². The topological polar surface area (TPSA) is 24.9 Å². The van der Waals surface area contributed by atoms with Crippen LogP contribution in [0.4, 0.5) is 0 Å². The molecule has 0 aliphatic heterocycles. The molecule has 3 rings (SSSR count). The third-order valence-corrected chi connectivity index (χ3v) is 4.13. The first kappa shape index (κ1) is 12.3. The SMILES string of the molecule is CNC(Cc1ccsc1)c1ccc2cccnc2c1. The highest BCUT2D eigenvalue weighted by Crippen LogP contribution is 2.22. The zero-order chi connectivity index (χ0) is 13.1. The molecule has 0 saturated heterocycles. The molecule has 1 atom stereocenters. The number of hydrogen-bond acceptors (Lipinski definition) is 3. The standard InChI is InChI=1S/C16H16N2S/c1-17-15(9-12-6-8-19-11-12)14-5-4-13-3-2-7-18-16(13)10-14/h2-8,10-11,15,17H,9H2,1H3. The van der Waals surface area contributed by atoms with Crippen molar-refractivity contribution in [3.63, 3.8) is 0 Å². The number of fused-ring (bicyclic) bond motifs is 1. The molecule has 2 heterocycles. The van der Waals surface area contributed by atoms with Crippen LogP contribution >= 0.6 is 11.3 Å². The molecule has 0 bridgehead atoms. The van der Waals surface area contributed by atoms with Crippen molar-refractivity contribution >= 4 is 22.2 Å². The van der Waals surface area contributed by atoms with Gasteiger partial charge in [-0.2, -0.15) is 11.3 Å². The van der Waals surface area contributed by atoms with Crippen LogP contribution in [0.5, 0.6) is 0 Å². The Bertz CT molecular complexity index is 661. The molecule has 0 spiro atoms. The molecule has 1 unspecified atom stereocenters. The first-order valence-electron chi connectivity index (χ1n) is 6.40. The van der Waals surface area contributed by atoms with Crippen LogP contribution in [0.1, 0.15) is 17.2 Å². The lowest BCUT2D eigenvalue weighted by atomic mass is 9.99. The van der Waals surface area contributed by atoms with Crippen molar-refractivity contribution in [2.24, 2.45) is 0 Å². The molecule has 0 aliphatic carbocycles. The van der Waals surface area contributed by atoms with Crippen molar-refractivity contribution in [1.29, 1.82) is 0 Å². The Kier molecular flexibility index (Phi) is 3.58. The largest absolute Gasteiger partial charge is 0.313 e. The van der Waals surface area contributed by atoms with Crippen molar-refractivity contribution in [2.45, 2.75) is 12.5 Å². The fourth-order valence-corrected chi connectivity index (χ4v) is 3.01. The van der Waals surface area contributed by atoms with E-state index in [4.69, 9.17) is 0 Å². The minimum atomic E-state index is 0.334. The summed E-state index contributed by atoms with van der Waals surface area (Å²) in [6.45, 7) is 0. The van der Waals surface area contributed by atoms with Crippen LogP contribution in [0.3, 0.4) is 0 Å². The second kappa shape index (κ2) is 5.51. The maximum atomic E-state index is 4.43. The second-order valence-corrected chi connectivity index (χ2v) is 5.41. The Morgan fingerprint density at radius 3 is 3.00 bits per heavy atom. The lowest BCUT2D eigenvalue weighted by molar-refractivity contribution is 0.593. The number of hydrogen-bond donors (Lipinski definition) is 1. The molecular weight excluding hydrogens is 252 g/mol. The van der Waals surface area contributed by atoms with Gasteiger partial charge in [0.15, 0.2) is 0 Å². The smallest absolute Gasteiger partial charge is 0.0705 e. The molecule has 1 aromatic carbocycles. The van der Waals surface area contributed by atoms with Gasteiger partial charge < -0.3 is 5.32 Å². The summed E-state index contributed by atoms with van der Waals surface area (Å²) in [6, 6.07) is 13.1. The summed E-state index contributed by atoms with van der Waals surface area (Å²) in [7, 11) is 2.01. The monoisotopic (exact) mass is 268 g/mol. The highest BCUT2D eigenvalue weighted by Gasteiger charge is 2.11. The van der Waals surface area contributed by atoms with E-state index in [1.807, 2.05) is 19.3 Å². The number of aromatic nitrogens is 1. The van der Waals surface area contributed by atoms with E-state index in [1.54, 1.807) is 11.3 Å². The van der Waals surface area contributed by atoms with Gasteiger partial charge in [-0.3, -0.25) is 4.98 Å². The highest BCUT2D eigenvalue weighted by atomic mass is 32.1. The van der Waals surface area contributed by atoms with Crippen LogP contribution in [0.2, 0.25) is 0 Å². The lowest BCUT2D eigenvalue weighted by Crippen LogP contribution is -2.18. The maximum Gasteiger partial charge on any atom is 0.0705 e. The molecule has 0 radical (unpaired) electrons. The zero-order valence-electron chi connectivity index (χ0n) is 10.8. The van der Waals surface area contributed by atoms with Crippen molar-refractivity contribution in [3.05, 3.63) is 64.5 Å². The summed E-state index contributed by atoms with van der Waals surface area (Å²) in [5.74, 6) is 0. The van der Waals surface area contributed by atoms with Gasteiger partial charge in [0, 0.05) is 17.6 Å². The van der Waals surface area contributed by atoms with Crippen molar-refractivity contribution in [3.8, 4) is 0 Å². The number of nitrogens with zero attached hydrogens (tertiary/aromatic N) is 1. The van der Waals surface area contributed by atoms with E-state index in [1.165, 1.54) is 16.5 Å². The van der Waals surface area contributed by atoms with Gasteiger partial charge in [0.25, 0.3) is 0 Å².